The molecule has 0 spiro atoms. The van der Waals surface area contributed by atoms with Crippen molar-refractivity contribution in [2.75, 3.05) is 0 Å². The standard InChI is InChI=1S/C19H14ClF3N2O2/c1-10-15(17(26)11-5-7-14(20)8-6-11)16(25-18(27)24-10)12-3-2-4-13(9-12)19(21,22)23/h2-9,15-16H,1H2,(H2,24,25,27)/t15-,16-/m1/s1. The molecule has 140 valence electrons. The van der Waals surface area contributed by atoms with Crippen molar-refractivity contribution in [3.05, 3.63) is 82.5 Å². The number of urea groups is 1. The monoisotopic (exact) mass is 394 g/mol. The molecule has 2 N–H and O–H groups in total. The van der Waals surface area contributed by atoms with Crippen LogP contribution in [0.1, 0.15) is 27.5 Å². The molecular formula is C19H14ClF3N2O2. The molecule has 0 aliphatic carbocycles. The molecule has 1 saturated heterocycles. The summed E-state index contributed by atoms with van der Waals surface area (Å²) in [4.78, 5) is 24.8. The first-order valence-corrected chi connectivity index (χ1v) is 8.28. The minimum atomic E-state index is -4.54. The molecule has 0 unspecified atom stereocenters. The fraction of sp³-hybridized carbons (Fsp3) is 0.158. The molecular weight excluding hydrogens is 381 g/mol. The van der Waals surface area contributed by atoms with Gasteiger partial charge in [-0.3, -0.25) is 4.79 Å². The van der Waals surface area contributed by atoms with Gasteiger partial charge in [-0.15, -0.1) is 0 Å². The Morgan fingerprint density at radius 1 is 1.11 bits per heavy atom. The summed E-state index contributed by atoms with van der Waals surface area (Å²) in [5, 5.41) is 5.39. The molecule has 0 radical (unpaired) electrons. The van der Waals surface area contributed by atoms with Crippen molar-refractivity contribution in [3.8, 4) is 0 Å². The number of Topliss-reactive ketones (excluding diaryl/α,β-unsaturated/α-hetero) is 1. The number of halogens is 4. The van der Waals surface area contributed by atoms with E-state index < -0.39 is 35.5 Å². The second-order valence-electron chi connectivity index (χ2n) is 6.07. The van der Waals surface area contributed by atoms with Gasteiger partial charge in [-0.1, -0.05) is 30.3 Å². The fourth-order valence-corrected chi connectivity index (χ4v) is 3.10. The lowest BCUT2D eigenvalue weighted by molar-refractivity contribution is -0.137. The number of rotatable bonds is 3. The summed E-state index contributed by atoms with van der Waals surface area (Å²) >= 11 is 5.83. The quantitative estimate of drug-likeness (QED) is 0.740. The molecule has 8 heteroatoms. The van der Waals surface area contributed by atoms with Gasteiger partial charge in [0.25, 0.3) is 0 Å². The third kappa shape index (κ3) is 3.98. The summed E-state index contributed by atoms with van der Waals surface area (Å²) in [7, 11) is 0. The van der Waals surface area contributed by atoms with E-state index in [1.165, 1.54) is 36.4 Å². The minimum Gasteiger partial charge on any atom is -0.330 e. The molecule has 1 heterocycles. The summed E-state index contributed by atoms with van der Waals surface area (Å²) in [6, 6.07) is 8.98. The van der Waals surface area contributed by atoms with Crippen LogP contribution in [0.2, 0.25) is 5.02 Å². The molecule has 3 rings (SSSR count). The zero-order valence-electron chi connectivity index (χ0n) is 13.8. The largest absolute Gasteiger partial charge is 0.416 e. The highest BCUT2D eigenvalue weighted by molar-refractivity contribution is 6.30. The lowest BCUT2D eigenvalue weighted by atomic mass is 9.83. The predicted molar refractivity (Wildman–Crippen MR) is 94.3 cm³/mol. The van der Waals surface area contributed by atoms with E-state index in [4.69, 9.17) is 11.6 Å². The lowest BCUT2D eigenvalue weighted by Gasteiger charge is -2.34. The van der Waals surface area contributed by atoms with E-state index in [0.717, 1.165) is 12.1 Å². The van der Waals surface area contributed by atoms with Gasteiger partial charge in [-0.05, 0) is 42.0 Å². The first kappa shape index (κ1) is 19.0. The van der Waals surface area contributed by atoms with E-state index in [0.29, 0.717) is 10.6 Å². The Hall–Kier alpha value is -2.80. The van der Waals surface area contributed by atoms with Gasteiger partial charge in [0, 0.05) is 16.3 Å². The van der Waals surface area contributed by atoms with Gasteiger partial charge in [0.05, 0.1) is 17.5 Å². The van der Waals surface area contributed by atoms with E-state index in [1.54, 1.807) is 0 Å². The Labute approximate surface area is 158 Å². The molecule has 1 aliphatic heterocycles. The van der Waals surface area contributed by atoms with Crippen LogP contribution in [-0.4, -0.2) is 11.8 Å². The van der Waals surface area contributed by atoms with Gasteiger partial charge in [-0.25, -0.2) is 4.79 Å². The number of hydrogen-bond acceptors (Lipinski definition) is 2. The fourth-order valence-electron chi connectivity index (χ4n) is 2.97. The minimum absolute atomic E-state index is 0.112. The average Bonchev–Trinajstić information content (AvgIpc) is 2.60. The van der Waals surface area contributed by atoms with Crippen molar-refractivity contribution < 1.29 is 22.8 Å². The Morgan fingerprint density at radius 3 is 2.41 bits per heavy atom. The first-order valence-electron chi connectivity index (χ1n) is 7.90. The molecule has 2 aromatic carbocycles. The Kier molecular flexibility index (Phi) is 4.97. The molecule has 27 heavy (non-hydrogen) atoms. The van der Waals surface area contributed by atoms with E-state index in [2.05, 4.69) is 17.2 Å². The second-order valence-corrected chi connectivity index (χ2v) is 6.51. The van der Waals surface area contributed by atoms with E-state index in [1.807, 2.05) is 0 Å². The number of nitrogens with one attached hydrogen (secondary N) is 2. The zero-order valence-corrected chi connectivity index (χ0v) is 14.6. The first-order chi connectivity index (χ1) is 12.7. The van der Waals surface area contributed by atoms with Gasteiger partial charge < -0.3 is 10.6 Å². The summed E-state index contributed by atoms with van der Waals surface area (Å²) < 4.78 is 39.2. The number of carbonyl (C=O) groups excluding carboxylic acids is 2. The molecule has 2 aromatic rings. The van der Waals surface area contributed by atoms with Crippen LogP contribution in [0.3, 0.4) is 0 Å². The lowest BCUT2D eigenvalue weighted by Crippen LogP contribution is -2.50. The number of carbonyl (C=O) groups is 2. The van der Waals surface area contributed by atoms with E-state index in [9.17, 15) is 22.8 Å². The van der Waals surface area contributed by atoms with Gasteiger partial charge in [0.2, 0.25) is 0 Å². The van der Waals surface area contributed by atoms with Crippen molar-refractivity contribution in [1.82, 2.24) is 10.6 Å². The molecule has 2 atom stereocenters. The third-order valence-corrected chi connectivity index (χ3v) is 4.51. The number of hydrogen-bond donors (Lipinski definition) is 2. The van der Waals surface area contributed by atoms with Crippen LogP contribution in [0.15, 0.2) is 60.8 Å². The molecule has 0 aromatic heterocycles. The molecule has 1 fully saturated rings. The molecule has 0 saturated carbocycles. The maximum atomic E-state index is 13.1. The van der Waals surface area contributed by atoms with Crippen molar-refractivity contribution >= 4 is 23.4 Å². The SMILES string of the molecule is C=C1NC(=O)N[C@H](c2cccc(C(F)(F)F)c2)[C@@H]1C(=O)c1ccc(Cl)cc1. The smallest absolute Gasteiger partial charge is 0.330 e. The van der Waals surface area contributed by atoms with Crippen LogP contribution in [0.25, 0.3) is 0 Å². The summed E-state index contributed by atoms with van der Waals surface area (Å²) in [5.74, 6) is -1.38. The Morgan fingerprint density at radius 2 is 1.78 bits per heavy atom. The van der Waals surface area contributed by atoms with Crippen LogP contribution >= 0.6 is 11.6 Å². The summed E-state index contributed by atoms with van der Waals surface area (Å²) in [6.07, 6.45) is -4.54. The predicted octanol–water partition coefficient (Wildman–Crippen LogP) is 4.73. The van der Waals surface area contributed by atoms with Crippen molar-refractivity contribution in [1.29, 1.82) is 0 Å². The number of alkyl halides is 3. The van der Waals surface area contributed by atoms with Crippen molar-refractivity contribution in [2.24, 2.45) is 5.92 Å². The summed E-state index contributed by atoms with van der Waals surface area (Å²) in [6.45, 7) is 3.72. The molecule has 0 bridgehead atoms. The Bertz CT molecular complexity index is 910. The van der Waals surface area contributed by atoms with E-state index in [-0.39, 0.29) is 11.3 Å². The van der Waals surface area contributed by atoms with Crippen molar-refractivity contribution in [2.45, 2.75) is 12.2 Å². The highest BCUT2D eigenvalue weighted by atomic mass is 35.5. The van der Waals surface area contributed by atoms with Gasteiger partial charge in [-0.2, -0.15) is 13.2 Å². The van der Waals surface area contributed by atoms with Crippen LogP contribution in [0.5, 0.6) is 0 Å². The molecule has 2 amide bonds. The van der Waals surface area contributed by atoms with Gasteiger partial charge >= 0.3 is 12.2 Å². The second kappa shape index (κ2) is 7.08. The maximum Gasteiger partial charge on any atom is 0.416 e. The highest BCUT2D eigenvalue weighted by Gasteiger charge is 2.39. The molecule has 4 nitrogen and oxygen atoms in total. The van der Waals surface area contributed by atoms with Gasteiger partial charge in [0.1, 0.15) is 0 Å². The third-order valence-electron chi connectivity index (χ3n) is 4.25. The maximum absolute atomic E-state index is 13.1. The zero-order chi connectivity index (χ0) is 19.8. The van der Waals surface area contributed by atoms with Crippen LogP contribution in [0.4, 0.5) is 18.0 Å². The normalized spacial score (nSPS) is 20.0. The molecule has 1 aliphatic rings. The van der Waals surface area contributed by atoms with Crippen LogP contribution < -0.4 is 10.6 Å². The topological polar surface area (TPSA) is 58.2 Å². The Balaban J connectivity index is 2.02. The van der Waals surface area contributed by atoms with Crippen LogP contribution in [-0.2, 0) is 6.18 Å². The average molecular weight is 395 g/mol. The number of benzene rings is 2. The number of amides is 2. The van der Waals surface area contributed by atoms with Gasteiger partial charge in [0.15, 0.2) is 5.78 Å². The van der Waals surface area contributed by atoms with Crippen molar-refractivity contribution in [3.63, 3.8) is 0 Å². The van der Waals surface area contributed by atoms with E-state index >= 15 is 0 Å². The highest BCUT2D eigenvalue weighted by Crippen LogP contribution is 2.36. The number of ketones is 1. The summed E-state index contributed by atoms with van der Waals surface area (Å²) in [5.41, 5.74) is -0.286. The van der Waals surface area contributed by atoms with Crippen LogP contribution in [0, 0.1) is 5.92 Å².